The molecule has 2 aliphatic heterocycles. The first-order chi connectivity index (χ1) is 11.1. The third-order valence-electron chi connectivity index (χ3n) is 4.80. The Kier molecular flexibility index (Phi) is 4.87. The summed E-state index contributed by atoms with van der Waals surface area (Å²) in [7, 11) is 3.54. The van der Waals surface area contributed by atoms with Crippen molar-refractivity contribution in [1.29, 1.82) is 0 Å². The average molecular weight is 319 g/mol. The maximum Gasteiger partial charge on any atom is 0.225 e. The molecule has 0 aromatic rings. The third-order valence-corrected chi connectivity index (χ3v) is 4.80. The molecule has 3 rings (SSSR count). The van der Waals surface area contributed by atoms with Crippen molar-refractivity contribution in [2.75, 3.05) is 33.9 Å². The van der Waals surface area contributed by atoms with E-state index in [1.165, 1.54) is 0 Å². The van der Waals surface area contributed by atoms with E-state index < -0.39 is 5.79 Å². The van der Waals surface area contributed by atoms with E-state index in [0.717, 1.165) is 24.2 Å². The Balaban J connectivity index is 1.74. The lowest BCUT2D eigenvalue weighted by Gasteiger charge is -2.27. The van der Waals surface area contributed by atoms with Crippen LogP contribution in [0.1, 0.15) is 25.7 Å². The highest BCUT2D eigenvalue weighted by molar-refractivity contribution is 5.79. The molecule has 1 spiro atoms. The summed E-state index contributed by atoms with van der Waals surface area (Å²) in [5, 5.41) is 0. The van der Waals surface area contributed by atoms with E-state index in [4.69, 9.17) is 14.2 Å². The van der Waals surface area contributed by atoms with Gasteiger partial charge in [0.2, 0.25) is 5.91 Å². The van der Waals surface area contributed by atoms with Crippen LogP contribution in [0.5, 0.6) is 0 Å². The second-order valence-corrected chi connectivity index (χ2v) is 6.38. The number of allylic oxidation sites excluding steroid dienone is 5. The Morgan fingerprint density at radius 1 is 1.30 bits per heavy atom. The first kappa shape index (κ1) is 16.3. The zero-order valence-corrected chi connectivity index (χ0v) is 13.9. The van der Waals surface area contributed by atoms with Gasteiger partial charge in [-0.05, 0) is 25.0 Å². The van der Waals surface area contributed by atoms with Crippen LogP contribution in [0.25, 0.3) is 0 Å². The highest BCUT2D eigenvalue weighted by Gasteiger charge is 2.44. The van der Waals surface area contributed by atoms with Gasteiger partial charge in [0.25, 0.3) is 0 Å². The summed E-state index contributed by atoms with van der Waals surface area (Å²) in [5.74, 6) is 0.357. The van der Waals surface area contributed by atoms with Crippen LogP contribution in [0.4, 0.5) is 0 Å². The van der Waals surface area contributed by atoms with Crippen LogP contribution >= 0.6 is 0 Å². The Morgan fingerprint density at radius 3 is 2.83 bits per heavy atom. The van der Waals surface area contributed by atoms with Gasteiger partial charge in [-0.1, -0.05) is 17.7 Å². The molecular weight excluding hydrogens is 294 g/mol. The first-order valence-corrected chi connectivity index (χ1v) is 8.26. The largest absolute Gasteiger partial charge is 0.497 e. The Morgan fingerprint density at radius 2 is 2.09 bits per heavy atom. The number of hydrogen-bond donors (Lipinski definition) is 0. The molecule has 5 nitrogen and oxygen atoms in total. The van der Waals surface area contributed by atoms with Crippen molar-refractivity contribution in [2.24, 2.45) is 5.92 Å². The monoisotopic (exact) mass is 319 g/mol. The number of rotatable bonds is 3. The number of amides is 1. The molecule has 5 heteroatoms. The molecule has 3 aliphatic rings. The fraction of sp³-hybridized carbons (Fsp3) is 0.611. The highest BCUT2D eigenvalue weighted by Crippen LogP contribution is 2.36. The predicted molar refractivity (Wildman–Crippen MR) is 86.5 cm³/mol. The SMILES string of the molecule is COC1=CCC=C(CC2CC3(CCN(C)C2=O)OCCO3)C=C1. The number of methoxy groups -OCH3 is 1. The molecule has 1 unspecified atom stereocenters. The molecule has 1 atom stereocenters. The second-order valence-electron chi connectivity index (χ2n) is 6.38. The molecule has 0 aromatic carbocycles. The zero-order chi connectivity index (χ0) is 16.3. The molecule has 0 radical (unpaired) electrons. The van der Waals surface area contributed by atoms with Crippen molar-refractivity contribution in [2.45, 2.75) is 31.5 Å². The van der Waals surface area contributed by atoms with Crippen LogP contribution in [-0.4, -0.2) is 50.5 Å². The van der Waals surface area contributed by atoms with Gasteiger partial charge in [0.1, 0.15) is 5.76 Å². The summed E-state index contributed by atoms with van der Waals surface area (Å²) in [6.45, 7) is 1.92. The zero-order valence-electron chi connectivity index (χ0n) is 13.9. The van der Waals surface area contributed by atoms with Crippen LogP contribution in [0, 0.1) is 5.92 Å². The number of nitrogens with zero attached hydrogens (tertiary/aromatic N) is 1. The third kappa shape index (κ3) is 3.67. The number of carbonyl (C=O) groups excluding carboxylic acids is 1. The van der Waals surface area contributed by atoms with Gasteiger partial charge >= 0.3 is 0 Å². The van der Waals surface area contributed by atoms with Crippen molar-refractivity contribution in [3.63, 3.8) is 0 Å². The lowest BCUT2D eigenvalue weighted by molar-refractivity contribution is -0.170. The van der Waals surface area contributed by atoms with Gasteiger partial charge < -0.3 is 19.1 Å². The molecule has 1 amide bonds. The van der Waals surface area contributed by atoms with Gasteiger partial charge in [0, 0.05) is 32.4 Å². The number of ether oxygens (including phenoxy) is 3. The predicted octanol–water partition coefficient (Wildman–Crippen LogP) is 2.40. The summed E-state index contributed by atoms with van der Waals surface area (Å²) >= 11 is 0. The van der Waals surface area contributed by atoms with Crippen LogP contribution in [-0.2, 0) is 19.0 Å². The van der Waals surface area contributed by atoms with E-state index in [9.17, 15) is 4.79 Å². The second kappa shape index (κ2) is 6.89. The van der Waals surface area contributed by atoms with Crippen molar-refractivity contribution in [3.8, 4) is 0 Å². The van der Waals surface area contributed by atoms with E-state index in [0.29, 0.717) is 32.6 Å². The number of likely N-dealkylation sites (tertiary alicyclic amines) is 1. The van der Waals surface area contributed by atoms with Crippen molar-refractivity contribution in [3.05, 3.63) is 35.6 Å². The molecule has 0 saturated carbocycles. The number of hydrogen-bond acceptors (Lipinski definition) is 4. The van der Waals surface area contributed by atoms with Crippen LogP contribution < -0.4 is 0 Å². The molecule has 126 valence electrons. The quantitative estimate of drug-likeness (QED) is 0.801. The Labute approximate surface area is 137 Å². The minimum Gasteiger partial charge on any atom is -0.497 e. The normalized spacial score (nSPS) is 27.5. The topological polar surface area (TPSA) is 48.0 Å². The fourth-order valence-electron chi connectivity index (χ4n) is 3.48. The lowest BCUT2D eigenvalue weighted by atomic mass is 9.90. The van der Waals surface area contributed by atoms with Gasteiger partial charge in [0.05, 0.1) is 20.3 Å². The molecule has 2 fully saturated rings. The molecular formula is C18H25NO4. The van der Waals surface area contributed by atoms with Crippen LogP contribution in [0.3, 0.4) is 0 Å². The molecule has 2 heterocycles. The molecule has 0 bridgehead atoms. The average Bonchev–Trinajstić information content (AvgIpc) is 2.84. The van der Waals surface area contributed by atoms with Gasteiger partial charge in [-0.3, -0.25) is 4.79 Å². The van der Waals surface area contributed by atoms with E-state index >= 15 is 0 Å². The van der Waals surface area contributed by atoms with Crippen molar-refractivity contribution in [1.82, 2.24) is 4.90 Å². The lowest BCUT2D eigenvalue weighted by Crippen LogP contribution is -2.33. The van der Waals surface area contributed by atoms with E-state index in [2.05, 4.69) is 6.08 Å². The van der Waals surface area contributed by atoms with Crippen LogP contribution in [0.2, 0.25) is 0 Å². The van der Waals surface area contributed by atoms with Crippen LogP contribution in [0.15, 0.2) is 35.6 Å². The van der Waals surface area contributed by atoms with E-state index in [1.54, 1.807) is 7.11 Å². The van der Waals surface area contributed by atoms with Gasteiger partial charge in [-0.15, -0.1) is 0 Å². The fourth-order valence-corrected chi connectivity index (χ4v) is 3.48. The van der Waals surface area contributed by atoms with Crippen molar-refractivity contribution < 1.29 is 19.0 Å². The highest BCUT2D eigenvalue weighted by atomic mass is 16.7. The molecule has 0 aromatic heterocycles. The molecule has 2 saturated heterocycles. The van der Waals surface area contributed by atoms with E-state index in [1.807, 2.05) is 30.2 Å². The summed E-state index contributed by atoms with van der Waals surface area (Å²) in [4.78, 5) is 14.5. The van der Waals surface area contributed by atoms with Gasteiger partial charge in [-0.2, -0.15) is 0 Å². The summed E-state index contributed by atoms with van der Waals surface area (Å²) in [5.41, 5.74) is 1.16. The molecule has 1 aliphatic carbocycles. The molecule has 23 heavy (non-hydrogen) atoms. The first-order valence-electron chi connectivity index (χ1n) is 8.26. The Bertz CT molecular complexity index is 543. The van der Waals surface area contributed by atoms with Crippen molar-refractivity contribution >= 4 is 5.91 Å². The maximum atomic E-state index is 12.7. The van der Waals surface area contributed by atoms with E-state index in [-0.39, 0.29) is 11.8 Å². The summed E-state index contributed by atoms with van der Waals surface area (Å²) in [6, 6.07) is 0. The standard InChI is InChI=1S/C18H25NO4/c1-19-9-8-18(22-10-11-23-18)13-15(17(19)20)12-14-4-3-5-16(21-2)7-6-14/h4-7,15H,3,8-13H2,1-2H3. The summed E-state index contributed by atoms with van der Waals surface area (Å²) < 4.78 is 17.0. The maximum absolute atomic E-state index is 12.7. The minimum absolute atomic E-state index is 0.111. The smallest absolute Gasteiger partial charge is 0.225 e. The molecule has 0 N–H and O–H groups in total. The number of carbonyl (C=O) groups is 1. The summed E-state index contributed by atoms with van der Waals surface area (Å²) in [6.07, 6.45) is 11.1. The minimum atomic E-state index is -0.573. The van der Waals surface area contributed by atoms with Gasteiger partial charge in [0.15, 0.2) is 5.79 Å². The van der Waals surface area contributed by atoms with Gasteiger partial charge in [-0.25, -0.2) is 0 Å². The Hall–Kier alpha value is -1.59.